The van der Waals surface area contributed by atoms with Crippen molar-refractivity contribution in [2.24, 2.45) is 5.73 Å². The number of hydrogen-bond donors (Lipinski definition) is 2. The summed E-state index contributed by atoms with van der Waals surface area (Å²) in [5.41, 5.74) is 7.40. The smallest absolute Gasteiger partial charge is 0.241 e. The lowest BCUT2D eigenvalue weighted by Crippen LogP contribution is -2.47. The van der Waals surface area contributed by atoms with Gasteiger partial charge in [0.1, 0.15) is 0 Å². The van der Waals surface area contributed by atoms with E-state index in [1.165, 1.54) is 0 Å². The fourth-order valence-electron chi connectivity index (χ4n) is 2.22. The fraction of sp³-hybridized carbons (Fsp3) is 0.562. The van der Waals surface area contributed by atoms with Gasteiger partial charge in [-0.1, -0.05) is 12.1 Å². The van der Waals surface area contributed by atoms with E-state index in [2.05, 4.69) is 24.1 Å². The average molecular weight is 293 g/mol. The maximum atomic E-state index is 12.4. The molecule has 1 atom stereocenters. The first-order chi connectivity index (χ1) is 9.99. The van der Waals surface area contributed by atoms with Crippen LogP contribution < -0.4 is 11.1 Å². The van der Waals surface area contributed by atoms with Crippen molar-refractivity contribution in [2.75, 3.05) is 25.6 Å². The van der Waals surface area contributed by atoms with Crippen LogP contribution in [0.1, 0.15) is 26.3 Å². The summed E-state index contributed by atoms with van der Waals surface area (Å²) in [6.07, 6.45) is 0. The van der Waals surface area contributed by atoms with Crippen molar-refractivity contribution in [3.8, 4) is 0 Å². The van der Waals surface area contributed by atoms with Gasteiger partial charge in [0.2, 0.25) is 5.91 Å². The molecule has 0 fully saturated rings. The van der Waals surface area contributed by atoms with Crippen LogP contribution in [0.5, 0.6) is 0 Å². The van der Waals surface area contributed by atoms with E-state index in [1.54, 1.807) is 7.11 Å². The van der Waals surface area contributed by atoms with Crippen molar-refractivity contribution in [3.63, 3.8) is 0 Å². The van der Waals surface area contributed by atoms with E-state index in [4.69, 9.17) is 10.5 Å². The fourth-order valence-corrected chi connectivity index (χ4v) is 2.22. The predicted octanol–water partition coefficient (Wildman–Crippen LogP) is 1.83. The molecule has 21 heavy (non-hydrogen) atoms. The van der Waals surface area contributed by atoms with Crippen LogP contribution in [0.4, 0.5) is 5.69 Å². The molecule has 1 aromatic carbocycles. The van der Waals surface area contributed by atoms with E-state index in [9.17, 15) is 4.79 Å². The van der Waals surface area contributed by atoms with Crippen molar-refractivity contribution in [1.29, 1.82) is 0 Å². The molecule has 5 heteroatoms. The minimum absolute atomic E-state index is 0.0136. The molecule has 0 aromatic heterocycles. The van der Waals surface area contributed by atoms with Crippen molar-refractivity contribution >= 4 is 11.6 Å². The molecule has 0 heterocycles. The number of anilines is 1. The third-order valence-electron chi connectivity index (χ3n) is 3.55. The van der Waals surface area contributed by atoms with Gasteiger partial charge < -0.3 is 15.8 Å². The summed E-state index contributed by atoms with van der Waals surface area (Å²) in [4.78, 5) is 14.5. The second-order valence-electron chi connectivity index (χ2n) is 5.39. The van der Waals surface area contributed by atoms with Gasteiger partial charge in [-0.2, -0.15) is 0 Å². The number of carbonyl (C=O) groups is 1. The van der Waals surface area contributed by atoms with Crippen LogP contribution in [0, 0.1) is 0 Å². The lowest BCUT2D eigenvalue weighted by Gasteiger charge is -2.31. The van der Waals surface area contributed by atoms with E-state index in [1.807, 2.05) is 31.2 Å². The Morgan fingerprint density at radius 2 is 1.90 bits per heavy atom. The molecule has 0 aliphatic rings. The highest BCUT2D eigenvalue weighted by Gasteiger charge is 2.23. The van der Waals surface area contributed by atoms with Crippen LogP contribution in [-0.4, -0.2) is 43.2 Å². The number of rotatable bonds is 8. The van der Waals surface area contributed by atoms with E-state index >= 15 is 0 Å². The van der Waals surface area contributed by atoms with Gasteiger partial charge in [0.15, 0.2) is 0 Å². The Bertz CT molecular complexity index is 432. The number of methoxy groups -OCH3 is 1. The van der Waals surface area contributed by atoms with Crippen LogP contribution in [0.15, 0.2) is 24.3 Å². The minimum atomic E-state index is -0.214. The average Bonchev–Trinajstić information content (AvgIpc) is 2.47. The quantitative estimate of drug-likeness (QED) is 0.767. The van der Waals surface area contributed by atoms with Gasteiger partial charge in [-0.05, 0) is 38.5 Å². The zero-order valence-corrected chi connectivity index (χ0v) is 13.4. The Hall–Kier alpha value is -1.43. The first-order valence-electron chi connectivity index (χ1n) is 7.34. The molecule has 0 aliphatic heterocycles. The van der Waals surface area contributed by atoms with Crippen molar-refractivity contribution in [2.45, 2.75) is 39.4 Å². The summed E-state index contributed by atoms with van der Waals surface area (Å²) in [5, 5.41) is 2.94. The van der Waals surface area contributed by atoms with Crippen LogP contribution >= 0.6 is 0 Å². The molecule has 0 radical (unpaired) electrons. The molecule has 0 spiro atoms. The van der Waals surface area contributed by atoms with Crippen molar-refractivity contribution < 1.29 is 9.53 Å². The molecule has 1 rings (SSSR count). The molecule has 1 aromatic rings. The lowest BCUT2D eigenvalue weighted by molar-refractivity contribution is -0.121. The molecular weight excluding hydrogens is 266 g/mol. The Kier molecular flexibility index (Phi) is 7.36. The third-order valence-corrected chi connectivity index (χ3v) is 3.55. The second-order valence-corrected chi connectivity index (χ2v) is 5.39. The maximum Gasteiger partial charge on any atom is 0.241 e. The van der Waals surface area contributed by atoms with Gasteiger partial charge in [-0.3, -0.25) is 9.69 Å². The Labute approximate surface area is 127 Å². The number of nitrogens with two attached hydrogens (primary N) is 1. The number of ether oxygens (including phenoxy) is 1. The van der Waals surface area contributed by atoms with Crippen LogP contribution in [0.2, 0.25) is 0 Å². The molecule has 0 saturated carbocycles. The largest absolute Gasteiger partial charge is 0.383 e. The van der Waals surface area contributed by atoms with Gasteiger partial charge in [-0.15, -0.1) is 0 Å². The van der Waals surface area contributed by atoms with Crippen molar-refractivity contribution in [3.05, 3.63) is 29.8 Å². The topological polar surface area (TPSA) is 67.6 Å². The number of hydrogen-bond acceptors (Lipinski definition) is 4. The first-order valence-corrected chi connectivity index (χ1v) is 7.34. The SMILES string of the molecule is COCCN(C(C)C)C(C)C(=O)Nc1ccc(CN)cc1. The highest BCUT2D eigenvalue weighted by Crippen LogP contribution is 2.12. The zero-order valence-electron chi connectivity index (χ0n) is 13.4. The molecule has 1 amide bonds. The maximum absolute atomic E-state index is 12.4. The van der Waals surface area contributed by atoms with Gasteiger partial charge in [0.25, 0.3) is 0 Å². The summed E-state index contributed by atoms with van der Waals surface area (Å²) in [6.45, 7) is 7.92. The first kappa shape index (κ1) is 17.6. The normalized spacial score (nSPS) is 12.7. The van der Waals surface area contributed by atoms with Crippen LogP contribution in [0.3, 0.4) is 0 Å². The van der Waals surface area contributed by atoms with E-state index in [0.29, 0.717) is 13.2 Å². The molecule has 0 aliphatic carbocycles. The van der Waals surface area contributed by atoms with E-state index in [0.717, 1.165) is 17.8 Å². The van der Waals surface area contributed by atoms with E-state index in [-0.39, 0.29) is 18.0 Å². The summed E-state index contributed by atoms with van der Waals surface area (Å²) in [5.74, 6) is -0.0136. The predicted molar refractivity (Wildman–Crippen MR) is 86.1 cm³/mol. The number of nitrogens with zero attached hydrogens (tertiary/aromatic N) is 1. The molecule has 1 unspecified atom stereocenters. The molecule has 5 nitrogen and oxygen atoms in total. The van der Waals surface area contributed by atoms with Crippen LogP contribution in [0.25, 0.3) is 0 Å². The number of amides is 1. The second kappa shape index (κ2) is 8.77. The standard InChI is InChI=1S/C16H27N3O2/c1-12(2)19(9-10-21-4)13(3)16(20)18-15-7-5-14(11-17)6-8-15/h5-8,12-13H,9-11,17H2,1-4H3,(H,18,20). The number of benzene rings is 1. The minimum Gasteiger partial charge on any atom is -0.383 e. The molecule has 3 N–H and O–H groups in total. The molecule has 0 saturated heterocycles. The van der Waals surface area contributed by atoms with Gasteiger partial charge in [0, 0.05) is 31.9 Å². The Morgan fingerprint density at radius 1 is 1.29 bits per heavy atom. The van der Waals surface area contributed by atoms with Crippen LogP contribution in [-0.2, 0) is 16.1 Å². The monoisotopic (exact) mass is 293 g/mol. The van der Waals surface area contributed by atoms with Crippen molar-refractivity contribution in [1.82, 2.24) is 4.90 Å². The van der Waals surface area contributed by atoms with E-state index < -0.39 is 0 Å². The van der Waals surface area contributed by atoms with Gasteiger partial charge in [-0.25, -0.2) is 0 Å². The molecule has 118 valence electrons. The Morgan fingerprint density at radius 3 is 2.38 bits per heavy atom. The highest BCUT2D eigenvalue weighted by molar-refractivity contribution is 5.94. The van der Waals surface area contributed by atoms with Gasteiger partial charge in [0.05, 0.1) is 12.6 Å². The van der Waals surface area contributed by atoms with Gasteiger partial charge >= 0.3 is 0 Å². The number of nitrogens with one attached hydrogen (secondary N) is 1. The number of carbonyl (C=O) groups excluding carboxylic acids is 1. The molecule has 0 bridgehead atoms. The summed E-state index contributed by atoms with van der Waals surface area (Å²) in [7, 11) is 1.67. The lowest BCUT2D eigenvalue weighted by atomic mass is 10.1. The Balaban J connectivity index is 2.66. The summed E-state index contributed by atoms with van der Waals surface area (Å²) in [6, 6.07) is 7.66. The third kappa shape index (κ3) is 5.46. The zero-order chi connectivity index (χ0) is 15.8. The summed E-state index contributed by atoms with van der Waals surface area (Å²) < 4.78 is 5.11. The highest BCUT2D eigenvalue weighted by atomic mass is 16.5. The molecular formula is C16H27N3O2. The summed E-state index contributed by atoms with van der Waals surface area (Å²) >= 11 is 0.